The van der Waals surface area contributed by atoms with Gasteiger partial charge in [-0.3, -0.25) is 14.8 Å². The van der Waals surface area contributed by atoms with Crippen LogP contribution in [0.4, 0.5) is 0 Å². The van der Waals surface area contributed by atoms with Gasteiger partial charge in [0.1, 0.15) is 0 Å². The lowest BCUT2D eigenvalue weighted by atomic mass is 10.2. The van der Waals surface area contributed by atoms with E-state index in [1.165, 1.54) is 4.88 Å². The Morgan fingerprint density at radius 3 is 2.86 bits per heavy atom. The molecule has 0 unspecified atom stereocenters. The molecule has 0 atom stereocenters. The lowest BCUT2D eigenvalue weighted by molar-refractivity contribution is -0.0736. The molecule has 0 aromatic carbocycles. The molecular formula is C15H17N3O2S. The molecule has 3 rings (SSSR count). The molecule has 1 saturated heterocycles. The van der Waals surface area contributed by atoms with Crippen molar-refractivity contribution in [3.8, 4) is 0 Å². The second kappa shape index (κ2) is 6.80. The summed E-state index contributed by atoms with van der Waals surface area (Å²) >= 11 is 1.66. The number of thiophene rings is 1. The van der Waals surface area contributed by atoms with Crippen molar-refractivity contribution in [1.29, 1.82) is 0 Å². The molecule has 0 bridgehead atoms. The standard InChI is InChI=1S/C15H17N3O2S/c19-15(13-3-1-5-16-11-13)18(12-14-4-2-10-21-14)17-6-8-20-9-7-17/h1-5,10-11H,6-9,12H2. The average Bonchev–Trinajstić information content (AvgIpc) is 3.07. The summed E-state index contributed by atoms with van der Waals surface area (Å²) in [5.74, 6) is -0.0154. The molecule has 0 spiro atoms. The molecule has 2 aromatic rings. The molecule has 110 valence electrons. The molecule has 0 aliphatic carbocycles. The number of hydrogen-bond acceptors (Lipinski definition) is 5. The Kier molecular flexibility index (Phi) is 4.59. The largest absolute Gasteiger partial charge is 0.379 e. The number of nitrogens with zero attached hydrogens (tertiary/aromatic N) is 3. The summed E-state index contributed by atoms with van der Waals surface area (Å²) in [6.07, 6.45) is 3.29. The van der Waals surface area contributed by atoms with Gasteiger partial charge in [0.15, 0.2) is 0 Å². The van der Waals surface area contributed by atoms with E-state index in [1.807, 2.05) is 16.5 Å². The van der Waals surface area contributed by atoms with Gasteiger partial charge in [-0.05, 0) is 23.6 Å². The molecule has 1 aliphatic heterocycles. The van der Waals surface area contributed by atoms with Crippen LogP contribution in [0.25, 0.3) is 0 Å². The molecule has 1 amide bonds. The third kappa shape index (κ3) is 3.47. The maximum Gasteiger partial charge on any atom is 0.270 e. The zero-order valence-corrected chi connectivity index (χ0v) is 12.5. The molecule has 2 aromatic heterocycles. The van der Waals surface area contributed by atoms with Crippen LogP contribution < -0.4 is 0 Å². The first-order valence-electron chi connectivity index (χ1n) is 6.91. The number of hydrogen-bond donors (Lipinski definition) is 0. The molecule has 0 radical (unpaired) electrons. The Morgan fingerprint density at radius 2 is 2.19 bits per heavy atom. The first kappa shape index (κ1) is 14.2. The Balaban J connectivity index is 1.82. The van der Waals surface area contributed by atoms with Gasteiger partial charge in [0.25, 0.3) is 5.91 Å². The smallest absolute Gasteiger partial charge is 0.270 e. The van der Waals surface area contributed by atoms with Crippen LogP contribution in [0.5, 0.6) is 0 Å². The fraction of sp³-hybridized carbons (Fsp3) is 0.333. The third-order valence-corrected chi connectivity index (χ3v) is 4.22. The zero-order chi connectivity index (χ0) is 14.5. The highest BCUT2D eigenvalue weighted by Gasteiger charge is 2.25. The molecule has 0 N–H and O–H groups in total. The van der Waals surface area contributed by atoms with Crippen LogP contribution in [-0.2, 0) is 11.3 Å². The number of carbonyl (C=O) groups excluding carboxylic acids is 1. The predicted octanol–water partition coefficient (Wildman–Crippen LogP) is 2.03. The Hall–Kier alpha value is -1.76. The van der Waals surface area contributed by atoms with E-state index >= 15 is 0 Å². The van der Waals surface area contributed by atoms with Gasteiger partial charge in [-0.2, -0.15) is 0 Å². The Morgan fingerprint density at radius 1 is 1.33 bits per heavy atom. The van der Waals surface area contributed by atoms with Crippen molar-refractivity contribution in [3.05, 3.63) is 52.5 Å². The number of pyridine rings is 1. The molecule has 1 aliphatic rings. The van der Waals surface area contributed by atoms with Gasteiger partial charge in [0.2, 0.25) is 0 Å². The summed E-state index contributed by atoms with van der Waals surface area (Å²) in [6, 6.07) is 7.65. The summed E-state index contributed by atoms with van der Waals surface area (Å²) < 4.78 is 5.38. The van der Waals surface area contributed by atoms with Crippen LogP contribution in [0, 0.1) is 0 Å². The van der Waals surface area contributed by atoms with Crippen LogP contribution in [-0.4, -0.2) is 47.2 Å². The predicted molar refractivity (Wildman–Crippen MR) is 80.8 cm³/mol. The number of carbonyl (C=O) groups is 1. The molecule has 5 nitrogen and oxygen atoms in total. The summed E-state index contributed by atoms with van der Waals surface area (Å²) in [5, 5.41) is 5.91. The summed E-state index contributed by atoms with van der Waals surface area (Å²) in [6.45, 7) is 3.36. The van der Waals surface area contributed by atoms with E-state index in [9.17, 15) is 4.79 Å². The number of rotatable bonds is 4. The van der Waals surface area contributed by atoms with E-state index in [4.69, 9.17) is 4.74 Å². The third-order valence-electron chi connectivity index (χ3n) is 3.36. The van der Waals surface area contributed by atoms with E-state index in [1.54, 1.807) is 35.9 Å². The minimum absolute atomic E-state index is 0.0154. The van der Waals surface area contributed by atoms with Crippen LogP contribution >= 0.6 is 11.3 Å². The fourth-order valence-electron chi connectivity index (χ4n) is 2.28. The molecule has 0 saturated carbocycles. The quantitative estimate of drug-likeness (QED) is 0.867. The minimum atomic E-state index is -0.0154. The van der Waals surface area contributed by atoms with Crippen LogP contribution in [0.1, 0.15) is 15.2 Å². The Bertz CT molecular complexity index is 568. The van der Waals surface area contributed by atoms with Gasteiger partial charge < -0.3 is 4.74 Å². The molecule has 3 heterocycles. The first-order chi connectivity index (χ1) is 10.3. The van der Waals surface area contributed by atoms with Crippen molar-refractivity contribution in [2.75, 3.05) is 26.3 Å². The minimum Gasteiger partial charge on any atom is -0.379 e. The molecule has 6 heteroatoms. The molecule has 1 fully saturated rings. The number of amides is 1. The van der Waals surface area contributed by atoms with Gasteiger partial charge in [-0.1, -0.05) is 6.07 Å². The fourth-order valence-corrected chi connectivity index (χ4v) is 2.97. The zero-order valence-electron chi connectivity index (χ0n) is 11.6. The lowest BCUT2D eigenvalue weighted by Gasteiger charge is -2.37. The highest BCUT2D eigenvalue weighted by molar-refractivity contribution is 7.09. The van der Waals surface area contributed by atoms with Crippen LogP contribution in [0.3, 0.4) is 0 Å². The second-order valence-electron chi connectivity index (χ2n) is 4.75. The van der Waals surface area contributed by atoms with E-state index in [-0.39, 0.29) is 5.91 Å². The van der Waals surface area contributed by atoms with Crippen LogP contribution in [0.15, 0.2) is 42.0 Å². The van der Waals surface area contributed by atoms with Crippen molar-refractivity contribution in [2.45, 2.75) is 6.54 Å². The first-order valence-corrected chi connectivity index (χ1v) is 7.79. The van der Waals surface area contributed by atoms with E-state index in [2.05, 4.69) is 16.1 Å². The molecule has 21 heavy (non-hydrogen) atoms. The maximum absolute atomic E-state index is 12.8. The normalized spacial score (nSPS) is 15.8. The van der Waals surface area contributed by atoms with Gasteiger partial charge in [0.05, 0.1) is 25.3 Å². The SMILES string of the molecule is O=C(c1cccnc1)N(Cc1cccs1)N1CCOCC1. The van der Waals surface area contributed by atoms with Gasteiger partial charge in [0, 0.05) is 30.4 Å². The summed E-state index contributed by atoms with van der Waals surface area (Å²) in [4.78, 5) is 18.0. The number of morpholine rings is 1. The summed E-state index contributed by atoms with van der Waals surface area (Å²) in [5.41, 5.74) is 0.612. The molecular weight excluding hydrogens is 286 g/mol. The van der Waals surface area contributed by atoms with E-state index < -0.39 is 0 Å². The van der Waals surface area contributed by atoms with E-state index in [0.29, 0.717) is 25.3 Å². The van der Waals surface area contributed by atoms with Gasteiger partial charge in [-0.25, -0.2) is 5.01 Å². The van der Waals surface area contributed by atoms with Gasteiger partial charge in [-0.15, -0.1) is 11.3 Å². The summed E-state index contributed by atoms with van der Waals surface area (Å²) in [7, 11) is 0. The van der Waals surface area contributed by atoms with Crippen molar-refractivity contribution in [2.24, 2.45) is 0 Å². The highest BCUT2D eigenvalue weighted by Crippen LogP contribution is 2.17. The van der Waals surface area contributed by atoms with Crippen molar-refractivity contribution in [3.63, 3.8) is 0 Å². The average molecular weight is 303 g/mol. The van der Waals surface area contributed by atoms with Crippen molar-refractivity contribution >= 4 is 17.2 Å². The monoisotopic (exact) mass is 303 g/mol. The van der Waals surface area contributed by atoms with Crippen molar-refractivity contribution in [1.82, 2.24) is 15.0 Å². The topological polar surface area (TPSA) is 45.7 Å². The highest BCUT2D eigenvalue weighted by atomic mass is 32.1. The number of aromatic nitrogens is 1. The van der Waals surface area contributed by atoms with Crippen molar-refractivity contribution < 1.29 is 9.53 Å². The maximum atomic E-state index is 12.8. The van der Waals surface area contributed by atoms with Gasteiger partial charge >= 0.3 is 0 Å². The lowest BCUT2D eigenvalue weighted by Crippen LogP contribution is -2.51. The Labute approximate surface area is 127 Å². The van der Waals surface area contributed by atoms with E-state index in [0.717, 1.165) is 13.1 Å². The number of ether oxygens (including phenoxy) is 1. The number of hydrazine groups is 1. The van der Waals surface area contributed by atoms with Crippen LogP contribution in [0.2, 0.25) is 0 Å². The second-order valence-corrected chi connectivity index (χ2v) is 5.78.